The molecule has 1 saturated heterocycles. The van der Waals surface area contributed by atoms with E-state index in [1.807, 2.05) is 30.1 Å². The molecule has 4 atom stereocenters. The number of hydrogen-bond donors (Lipinski definition) is 5. The molecule has 2 amide bonds. The van der Waals surface area contributed by atoms with Crippen LogP contribution in [0.4, 0.5) is 0 Å². The van der Waals surface area contributed by atoms with Crippen LogP contribution in [-0.4, -0.2) is 95.8 Å². The molecule has 2 aromatic rings. The number of ether oxygens (including phenoxy) is 2. The van der Waals surface area contributed by atoms with Gasteiger partial charge in [-0.2, -0.15) is 0 Å². The molecule has 2 aromatic carbocycles. The van der Waals surface area contributed by atoms with Gasteiger partial charge < -0.3 is 35.4 Å². The summed E-state index contributed by atoms with van der Waals surface area (Å²) < 4.78 is 11.3. The molecule has 1 aliphatic heterocycles. The quantitative estimate of drug-likeness (QED) is 0.215. The van der Waals surface area contributed by atoms with E-state index in [2.05, 4.69) is 22.5 Å². The molecule has 1 heterocycles. The third-order valence-electron chi connectivity index (χ3n) is 7.19. The van der Waals surface area contributed by atoms with Gasteiger partial charge in [0.05, 0.1) is 26.2 Å². The summed E-state index contributed by atoms with van der Waals surface area (Å²) in [4.78, 5) is 26.9. The highest BCUT2D eigenvalue weighted by atomic mass is 16.5. The molecule has 230 valence electrons. The minimum Gasteiger partial charge on any atom is -0.493 e. The van der Waals surface area contributed by atoms with Crippen LogP contribution in [0.2, 0.25) is 0 Å². The maximum atomic E-state index is 12.5. The van der Waals surface area contributed by atoms with Crippen LogP contribution in [0.25, 0.3) is 0 Å². The Morgan fingerprint density at radius 2 is 1.84 bits per heavy atom. The van der Waals surface area contributed by atoms with E-state index in [1.165, 1.54) is 0 Å². The number of carbonyl (C=O) groups is 2. The van der Waals surface area contributed by atoms with Gasteiger partial charge in [-0.1, -0.05) is 36.1 Å². The van der Waals surface area contributed by atoms with E-state index in [9.17, 15) is 24.9 Å². The highest BCUT2D eigenvalue weighted by Crippen LogP contribution is 2.31. The average molecular weight is 592 g/mol. The predicted octanol–water partition coefficient (Wildman–Crippen LogP) is 0.758. The maximum Gasteiger partial charge on any atom is 0.245 e. The Bertz CT molecular complexity index is 1330. The SMILES string of the molecule is C#CCN(C)CCNC(=O)C(C)(C)NC(=O)CCOc1ccc(Cc2cc([C@@H]3OCC(O)[C@H](O)C3O)ccc2C#C)cc1. The number of hydrogen-bond acceptors (Lipinski definition) is 8. The fourth-order valence-electron chi connectivity index (χ4n) is 4.65. The van der Waals surface area contributed by atoms with Crippen molar-refractivity contribution in [1.82, 2.24) is 15.5 Å². The minimum absolute atomic E-state index is 0.0719. The van der Waals surface area contributed by atoms with Crippen molar-refractivity contribution in [1.29, 1.82) is 0 Å². The van der Waals surface area contributed by atoms with E-state index in [0.29, 0.717) is 42.9 Å². The minimum atomic E-state index is -1.30. The third kappa shape index (κ3) is 9.55. The first kappa shape index (κ1) is 33.6. The van der Waals surface area contributed by atoms with E-state index in [0.717, 1.165) is 11.1 Å². The van der Waals surface area contributed by atoms with Crippen molar-refractivity contribution in [3.63, 3.8) is 0 Å². The molecule has 0 bridgehead atoms. The number of carbonyl (C=O) groups excluding carboxylic acids is 2. The number of benzene rings is 2. The van der Waals surface area contributed by atoms with Gasteiger partial charge in [0.25, 0.3) is 0 Å². The van der Waals surface area contributed by atoms with Gasteiger partial charge in [-0.05, 0) is 62.2 Å². The van der Waals surface area contributed by atoms with Crippen LogP contribution in [0.1, 0.15) is 48.6 Å². The van der Waals surface area contributed by atoms with E-state index in [-0.39, 0.29) is 31.4 Å². The molecule has 1 fully saturated rings. The molecule has 0 aromatic heterocycles. The fraction of sp³-hybridized carbons (Fsp3) is 0.455. The van der Waals surface area contributed by atoms with Gasteiger partial charge >= 0.3 is 0 Å². The lowest BCUT2D eigenvalue weighted by molar-refractivity contribution is -0.189. The van der Waals surface area contributed by atoms with Crippen molar-refractivity contribution in [3.8, 4) is 30.4 Å². The van der Waals surface area contributed by atoms with Gasteiger partial charge in [0.15, 0.2) is 0 Å². The van der Waals surface area contributed by atoms with Gasteiger partial charge in [0.1, 0.15) is 35.7 Å². The zero-order valence-electron chi connectivity index (χ0n) is 24.9. The van der Waals surface area contributed by atoms with Crippen LogP contribution in [-0.2, 0) is 20.7 Å². The first-order valence-corrected chi connectivity index (χ1v) is 14.1. The largest absolute Gasteiger partial charge is 0.493 e. The zero-order valence-corrected chi connectivity index (χ0v) is 24.9. The summed E-state index contributed by atoms with van der Waals surface area (Å²) in [6, 6.07) is 12.7. The van der Waals surface area contributed by atoms with Crippen molar-refractivity contribution in [2.45, 2.75) is 56.6 Å². The Morgan fingerprint density at radius 3 is 2.51 bits per heavy atom. The first-order chi connectivity index (χ1) is 20.4. The molecular formula is C33H41N3O7. The van der Waals surface area contributed by atoms with Crippen LogP contribution in [0.15, 0.2) is 42.5 Å². The van der Waals surface area contributed by atoms with Crippen molar-refractivity contribution >= 4 is 11.8 Å². The summed E-state index contributed by atoms with van der Waals surface area (Å²) in [6.45, 7) is 4.83. The summed E-state index contributed by atoms with van der Waals surface area (Å²) in [5.74, 6) is 5.20. The second-order valence-corrected chi connectivity index (χ2v) is 11.2. The van der Waals surface area contributed by atoms with Crippen molar-refractivity contribution < 1.29 is 34.4 Å². The number of aliphatic hydroxyl groups is 3. The number of rotatable bonds is 13. The molecular weight excluding hydrogens is 550 g/mol. The van der Waals surface area contributed by atoms with Crippen molar-refractivity contribution in [2.24, 2.45) is 0 Å². The smallest absolute Gasteiger partial charge is 0.245 e. The van der Waals surface area contributed by atoms with Crippen molar-refractivity contribution in [3.05, 3.63) is 64.7 Å². The topological polar surface area (TPSA) is 141 Å². The fourth-order valence-corrected chi connectivity index (χ4v) is 4.65. The Kier molecular flexibility index (Phi) is 12.1. The number of likely N-dealkylation sites (N-methyl/N-ethyl adjacent to an activating group) is 1. The number of amides is 2. The van der Waals surface area contributed by atoms with Gasteiger partial charge in [-0.3, -0.25) is 14.5 Å². The summed E-state index contributed by atoms with van der Waals surface area (Å²) in [6.07, 6.45) is 7.06. The molecule has 1 aliphatic rings. The number of aliphatic hydroxyl groups excluding tert-OH is 3. The van der Waals surface area contributed by atoms with E-state index in [4.69, 9.17) is 22.3 Å². The van der Waals surface area contributed by atoms with Gasteiger partial charge in [-0.25, -0.2) is 0 Å². The van der Waals surface area contributed by atoms with E-state index in [1.54, 1.807) is 38.1 Å². The molecule has 0 saturated carbocycles. The van der Waals surface area contributed by atoms with Gasteiger partial charge in [0, 0.05) is 18.7 Å². The summed E-state index contributed by atoms with van der Waals surface area (Å²) >= 11 is 0. The summed E-state index contributed by atoms with van der Waals surface area (Å²) in [5, 5.41) is 35.8. The van der Waals surface area contributed by atoms with Gasteiger partial charge in [-0.15, -0.1) is 12.8 Å². The van der Waals surface area contributed by atoms with Crippen LogP contribution in [0.3, 0.4) is 0 Å². The molecule has 10 nitrogen and oxygen atoms in total. The lowest BCUT2D eigenvalue weighted by Crippen LogP contribution is -2.55. The number of nitrogens with one attached hydrogen (secondary N) is 2. The normalized spacial score (nSPS) is 20.1. The van der Waals surface area contributed by atoms with Gasteiger partial charge in [0.2, 0.25) is 11.8 Å². The number of terminal acetylenes is 2. The molecule has 2 unspecified atom stereocenters. The molecule has 0 spiro atoms. The zero-order chi connectivity index (χ0) is 31.6. The third-order valence-corrected chi connectivity index (χ3v) is 7.19. The predicted molar refractivity (Wildman–Crippen MR) is 162 cm³/mol. The van der Waals surface area contributed by atoms with Crippen LogP contribution < -0.4 is 15.4 Å². The Labute approximate surface area is 253 Å². The molecule has 10 heteroatoms. The monoisotopic (exact) mass is 591 g/mol. The lowest BCUT2D eigenvalue weighted by atomic mass is 9.91. The summed E-state index contributed by atoms with van der Waals surface area (Å²) in [5.41, 5.74) is 2.05. The average Bonchev–Trinajstić information content (AvgIpc) is 2.96. The van der Waals surface area contributed by atoms with Crippen molar-refractivity contribution in [2.75, 3.05) is 39.9 Å². The first-order valence-electron chi connectivity index (χ1n) is 14.1. The van der Waals surface area contributed by atoms with Crippen LogP contribution in [0.5, 0.6) is 5.75 Å². The molecule has 0 radical (unpaired) electrons. The van der Waals surface area contributed by atoms with Crippen LogP contribution >= 0.6 is 0 Å². The standard InChI is InChI=1S/C33H41N3O7/c1-6-16-36(5)17-15-34-32(41)33(3,4)35-28(38)14-18-42-26-12-8-22(9-13-26)19-25-20-24(11-10-23(25)7-2)31-30(40)29(39)27(37)21-43-31/h1-2,8-13,20,27,29-31,37,39-40H,14-19,21H2,3-5H3,(H,34,41)(H,35,38)/t27?,29-,30?,31-/m0/s1. The molecule has 3 rings (SSSR count). The Hall–Kier alpha value is -3.90. The second kappa shape index (κ2) is 15.5. The van der Waals surface area contributed by atoms with E-state index < -0.39 is 30.0 Å². The Morgan fingerprint density at radius 1 is 1.12 bits per heavy atom. The maximum absolute atomic E-state index is 12.5. The molecule has 43 heavy (non-hydrogen) atoms. The Balaban J connectivity index is 1.50. The van der Waals surface area contributed by atoms with E-state index >= 15 is 0 Å². The summed E-state index contributed by atoms with van der Waals surface area (Å²) in [7, 11) is 1.86. The second-order valence-electron chi connectivity index (χ2n) is 11.2. The lowest BCUT2D eigenvalue weighted by Gasteiger charge is -2.35. The highest BCUT2D eigenvalue weighted by molar-refractivity contribution is 5.90. The van der Waals surface area contributed by atoms with Crippen LogP contribution in [0, 0.1) is 24.7 Å². The molecule has 0 aliphatic carbocycles. The molecule has 5 N–H and O–H groups in total. The number of nitrogens with zero attached hydrogens (tertiary/aromatic N) is 1. The highest BCUT2D eigenvalue weighted by Gasteiger charge is 2.38.